The largest absolute Gasteiger partial charge is 0.507 e. The van der Waals surface area contributed by atoms with Crippen LogP contribution in [0.4, 0.5) is 0 Å². The van der Waals surface area contributed by atoms with E-state index >= 15 is 0 Å². The highest BCUT2D eigenvalue weighted by Gasteiger charge is 2.43. The summed E-state index contributed by atoms with van der Waals surface area (Å²) in [6.07, 6.45) is 12.3. The van der Waals surface area contributed by atoms with Gasteiger partial charge in [0.15, 0.2) is 0 Å². The summed E-state index contributed by atoms with van der Waals surface area (Å²) in [5.41, 5.74) is 3.39. The molecular formula is C33H56O4. The molecule has 0 radical (unpaired) electrons. The van der Waals surface area contributed by atoms with Crippen LogP contribution in [0.1, 0.15) is 128 Å². The number of ether oxygens (including phenoxy) is 2. The number of carbonyl (C=O) groups is 1. The summed E-state index contributed by atoms with van der Waals surface area (Å²) in [6, 6.07) is 0. The van der Waals surface area contributed by atoms with Gasteiger partial charge < -0.3 is 14.6 Å². The molecule has 0 fully saturated rings. The molecule has 0 saturated heterocycles. The Labute approximate surface area is 227 Å². The molecule has 1 aliphatic heterocycles. The molecule has 1 aromatic carbocycles. The van der Waals surface area contributed by atoms with Gasteiger partial charge in [0.05, 0.1) is 13.0 Å². The lowest BCUT2D eigenvalue weighted by Gasteiger charge is -2.44. The van der Waals surface area contributed by atoms with E-state index in [2.05, 4.69) is 34.6 Å². The molecule has 4 atom stereocenters. The molecule has 2 rings (SSSR count). The van der Waals surface area contributed by atoms with Crippen LogP contribution >= 0.6 is 0 Å². The van der Waals surface area contributed by atoms with E-state index in [4.69, 9.17) is 9.47 Å². The zero-order chi connectivity index (χ0) is 27.8. The second-order valence-electron chi connectivity index (χ2n) is 12.7. The normalized spacial score (nSPS) is 20.9. The van der Waals surface area contributed by atoms with Crippen molar-refractivity contribution in [3.05, 3.63) is 22.3 Å². The molecule has 1 aliphatic rings. The lowest BCUT2D eigenvalue weighted by molar-refractivity contribution is -0.147. The molecule has 0 saturated carbocycles. The van der Waals surface area contributed by atoms with Gasteiger partial charge in [-0.2, -0.15) is 0 Å². The Hall–Kier alpha value is -1.71. The summed E-state index contributed by atoms with van der Waals surface area (Å²) in [7, 11) is 0. The van der Waals surface area contributed by atoms with Crippen molar-refractivity contribution in [1.29, 1.82) is 0 Å². The fourth-order valence-electron chi connectivity index (χ4n) is 6.08. The Morgan fingerprint density at radius 2 is 1.51 bits per heavy atom. The molecular weight excluding hydrogens is 460 g/mol. The Balaban J connectivity index is 1.99. The molecule has 0 bridgehead atoms. The third-order valence-electron chi connectivity index (χ3n) is 8.95. The third-order valence-corrected chi connectivity index (χ3v) is 8.95. The summed E-state index contributed by atoms with van der Waals surface area (Å²) in [6.45, 7) is 19.8. The lowest BCUT2D eigenvalue weighted by atomic mass is 9.74. The number of hydrogen-bond donors (Lipinski definition) is 1. The Morgan fingerprint density at radius 1 is 0.946 bits per heavy atom. The topological polar surface area (TPSA) is 55.8 Å². The lowest BCUT2D eigenvalue weighted by Crippen LogP contribution is -2.46. The summed E-state index contributed by atoms with van der Waals surface area (Å²) >= 11 is 0. The van der Waals surface area contributed by atoms with Crippen LogP contribution in [0.2, 0.25) is 0 Å². The van der Waals surface area contributed by atoms with E-state index in [1.165, 1.54) is 44.9 Å². The van der Waals surface area contributed by atoms with Crippen molar-refractivity contribution in [2.75, 3.05) is 6.61 Å². The van der Waals surface area contributed by atoms with Gasteiger partial charge in [0.25, 0.3) is 0 Å². The van der Waals surface area contributed by atoms with Crippen molar-refractivity contribution in [3.63, 3.8) is 0 Å². The van der Waals surface area contributed by atoms with Crippen molar-refractivity contribution in [2.45, 2.75) is 139 Å². The van der Waals surface area contributed by atoms with Crippen LogP contribution in [0, 0.1) is 44.4 Å². The Kier molecular flexibility index (Phi) is 12.3. The van der Waals surface area contributed by atoms with Crippen molar-refractivity contribution in [3.8, 4) is 11.5 Å². The summed E-state index contributed by atoms with van der Waals surface area (Å²) in [4.78, 5) is 12.5. The minimum absolute atomic E-state index is 0.0289. The highest BCUT2D eigenvalue weighted by molar-refractivity contribution is 5.70. The van der Waals surface area contributed by atoms with Crippen molar-refractivity contribution < 1.29 is 19.4 Å². The smallest absolute Gasteiger partial charge is 0.306 e. The van der Waals surface area contributed by atoms with E-state index in [-0.39, 0.29) is 11.9 Å². The van der Waals surface area contributed by atoms with E-state index < -0.39 is 5.60 Å². The molecule has 0 spiro atoms. The van der Waals surface area contributed by atoms with Crippen molar-refractivity contribution in [1.82, 2.24) is 0 Å². The van der Waals surface area contributed by atoms with Crippen molar-refractivity contribution >= 4 is 5.97 Å². The molecule has 0 amide bonds. The van der Waals surface area contributed by atoms with Gasteiger partial charge in [-0.05, 0) is 88.3 Å². The molecule has 37 heavy (non-hydrogen) atoms. The highest BCUT2D eigenvalue weighted by atomic mass is 16.5. The van der Waals surface area contributed by atoms with E-state index in [1.807, 2.05) is 27.7 Å². The first-order valence-electron chi connectivity index (χ1n) is 15.1. The fourth-order valence-corrected chi connectivity index (χ4v) is 6.08. The molecule has 4 nitrogen and oxygen atoms in total. The molecule has 1 heterocycles. The maximum absolute atomic E-state index is 12.5. The molecule has 1 aromatic rings. The molecule has 4 heteroatoms. The first kappa shape index (κ1) is 31.5. The molecule has 0 aliphatic carbocycles. The number of fused-ring (bicyclic) bond motifs is 1. The fraction of sp³-hybridized carbons (Fsp3) is 0.788. The average molecular weight is 517 g/mol. The maximum Gasteiger partial charge on any atom is 0.306 e. The Bertz CT molecular complexity index is 874. The number of esters is 1. The van der Waals surface area contributed by atoms with Crippen LogP contribution in [0.15, 0.2) is 0 Å². The monoisotopic (exact) mass is 516 g/mol. The van der Waals surface area contributed by atoms with Crippen LogP contribution < -0.4 is 4.74 Å². The van der Waals surface area contributed by atoms with Crippen LogP contribution in [0.3, 0.4) is 0 Å². The van der Waals surface area contributed by atoms with Gasteiger partial charge in [0.1, 0.15) is 17.1 Å². The number of rotatable bonds is 15. The average Bonchev–Trinajstić information content (AvgIpc) is 2.82. The maximum atomic E-state index is 12.5. The first-order valence-corrected chi connectivity index (χ1v) is 15.1. The first-order chi connectivity index (χ1) is 17.4. The van der Waals surface area contributed by atoms with Crippen LogP contribution in [-0.4, -0.2) is 23.3 Å². The third kappa shape index (κ3) is 8.93. The van der Waals surface area contributed by atoms with Gasteiger partial charge in [0, 0.05) is 11.5 Å². The number of phenolic OH excluding ortho intramolecular Hbond substituents is 1. The van der Waals surface area contributed by atoms with Gasteiger partial charge in [-0.3, -0.25) is 4.79 Å². The van der Waals surface area contributed by atoms with Gasteiger partial charge in [0.2, 0.25) is 0 Å². The molecule has 1 unspecified atom stereocenters. The van der Waals surface area contributed by atoms with Gasteiger partial charge in [-0.25, -0.2) is 0 Å². The number of carbonyl (C=O) groups excluding carboxylic acids is 1. The summed E-state index contributed by atoms with van der Waals surface area (Å²) in [5.74, 6) is 3.48. The second-order valence-corrected chi connectivity index (χ2v) is 12.7. The number of aromatic hydroxyl groups is 1. The van der Waals surface area contributed by atoms with Gasteiger partial charge in [-0.1, -0.05) is 72.6 Å². The quantitative estimate of drug-likeness (QED) is 0.236. The Morgan fingerprint density at radius 3 is 2.08 bits per heavy atom. The van der Waals surface area contributed by atoms with E-state index in [1.54, 1.807) is 0 Å². The number of phenols is 1. The SMILES string of the molecule is CCOC(=O)CC1Cc2c(C)c(O)c(C)c(C)c2O[C@@]1(C)CCC[C@H](C)CCC[C@@H](C)CCCC(C)C. The highest BCUT2D eigenvalue weighted by Crippen LogP contribution is 2.47. The molecule has 0 aromatic heterocycles. The zero-order valence-corrected chi connectivity index (χ0v) is 25.5. The van der Waals surface area contributed by atoms with E-state index in [0.29, 0.717) is 24.7 Å². The summed E-state index contributed by atoms with van der Waals surface area (Å²) < 4.78 is 12.1. The van der Waals surface area contributed by atoms with Crippen LogP contribution in [-0.2, 0) is 16.0 Å². The summed E-state index contributed by atoms with van der Waals surface area (Å²) in [5, 5.41) is 10.7. The van der Waals surface area contributed by atoms with Crippen LogP contribution in [0.5, 0.6) is 11.5 Å². The van der Waals surface area contributed by atoms with Gasteiger partial charge in [-0.15, -0.1) is 0 Å². The van der Waals surface area contributed by atoms with Crippen molar-refractivity contribution in [2.24, 2.45) is 23.7 Å². The molecule has 212 valence electrons. The number of hydrogen-bond acceptors (Lipinski definition) is 4. The molecule has 1 N–H and O–H groups in total. The minimum atomic E-state index is -0.426. The van der Waals surface area contributed by atoms with Crippen LogP contribution in [0.25, 0.3) is 0 Å². The minimum Gasteiger partial charge on any atom is -0.507 e. The standard InChI is InChI=1S/C33H56O4/c1-10-36-30(34)21-28-20-29-27(8)31(35)25(6)26(7)32(29)37-33(28,9)19-13-18-24(5)17-12-16-23(4)15-11-14-22(2)3/h22-24,28,35H,10-21H2,1-9H3/t23-,24+,28?,33-/m0/s1. The van der Waals surface area contributed by atoms with E-state index in [9.17, 15) is 9.90 Å². The van der Waals surface area contributed by atoms with E-state index in [0.717, 1.165) is 59.1 Å². The second kappa shape index (κ2) is 14.4. The predicted octanol–water partition coefficient (Wildman–Crippen LogP) is 9.02. The predicted molar refractivity (Wildman–Crippen MR) is 155 cm³/mol. The van der Waals surface area contributed by atoms with Gasteiger partial charge >= 0.3 is 5.97 Å². The number of benzene rings is 1. The zero-order valence-electron chi connectivity index (χ0n) is 25.5.